The van der Waals surface area contributed by atoms with Crippen molar-refractivity contribution >= 4 is 21.8 Å². The third-order valence-corrected chi connectivity index (χ3v) is 7.48. The van der Waals surface area contributed by atoms with E-state index in [0.29, 0.717) is 5.92 Å². The summed E-state index contributed by atoms with van der Waals surface area (Å²) in [6, 6.07) is 16.0. The van der Waals surface area contributed by atoms with Crippen LogP contribution >= 0.6 is 0 Å². The number of hydrogen-bond acceptors (Lipinski definition) is 4. The van der Waals surface area contributed by atoms with E-state index in [-0.39, 0.29) is 0 Å². The standard InChI is InChI=1S/C27H30N4O/c1-2-22(23-10-11-28-25(23)3-1)20-6-9-26-24(17-20)27(30-18-29-26)16-19-4-7-21(8-5-19)31-12-14-32-15-13-31/h1-3,6,9-11,17-19,21,28H,4-5,7-8,12-16H2. The molecule has 1 aliphatic carbocycles. The molecule has 4 aromatic rings. The topological polar surface area (TPSA) is 54.0 Å². The van der Waals surface area contributed by atoms with Crippen molar-refractivity contribution < 1.29 is 4.74 Å². The van der Waals surface area contributed by atoms with Gasteiger partial charge in [-0.15, -0.1) is 0 Å². The molecule has 1 aliphatic heterocycles. The van der Waals surface area contributed by atoms with E-state index in [9.17, 15) is 0 Å². The van der Waals surface area contributed by atoms with Crippen LogP contribution < -0.4 is 0 Å². The Kier molecular flexibility index (Phi) is 5.37. The van der Waals surface area contributed by atoms with Gasteiger partial charge in [0.2, 0.25) is 0 Å². The molecule has 1 N–H and O–H groups in total. The molecule has 0 atom stereocenters. The maximum absolute atomic E-state index is 5.53. The van der Waals surface area contributed by atoms with Gasteiger partial charge in [0.25, 0.3) is 0 Å². The van der Waals surface area contributed by atoms with Crippen LogP contribution in [0, 0.1) is 5.92 Å². The highest BCUT2D eigenvalue weighted by Crippen LogP contribution is 2.34. The largest absolute Gasteiger partial charge is 0.379 e. The van der Waals surface area contributed by atoms with Gasteiger partial charge < -0.3 is 9.72 Å². The van der Waals surface area contributed by atoms with Crippen molar-refractivity contribution in [2.45, 2.75) is 38.1 Å². The van der Waals surface area contributed by atoms with Gasteiger partial charge in [0.15, 0.2) is 0 Å². The Balaban J connectivity index is 1.24. The first-order valence-electron chi connectivity index (χ1n) is 12.0. The van der Waals surface area contributed by atoms with Crippen LogP contribution in [-0.2, 0) is 11.2 Å². The molecule has 1 saturated carbocycles. The first-order chi connectivity index (χ1) is 15.8. The highest BCUT2D eigenvalue weighted by Gasteiger charge is 2.27. The minimum absolute atomic E-state index is 0.710. The van der Waals surface area contributed by atoms with Crippen molar-refractivity contribution in [3.63, 3.8) is 0 Å². The molecule has 2 aromatic carbocycles. The number of rotatable bonds is 4. The monoisotopic (exact) mass is 426 g/mol. The Morgan fingerprint density at radius 1 is 0.938 bits per heavy atom. The van der Waals surface area contributed by atoms with Crippen molar-refractivity contribution in [1.82, 2.24) is 19.9 Å². The number of fused-ring (bicyclic) bond motifs is 2. The molecule has 5 nitrogen and oxygen atoms in total. The lowest BCUT2D eigenvalue weighted by Gasteiger charge is -2.38. The Morgan fingerprint density at radius 2 is 1.81 bits per heavy atom. The number of aromatic amines is 1. The predicted molar refractivity (Wildman–Crippen MR) is 129 cm³/mol. The highest BCUT2D eigenvalue weighted by atomic mass is 16.5. The molecular weight excluding hydrogens is 396 g/mol. The van der Waals surface area contributed by atoms with Gasteiger partial charge in [-0.2, -0.15) is 0 Å². The van der Waals surface area contributed by atoms with Gasteiger partial charge in [0, 0.05) is 41.6 Å². The molecule has 164 valence electrons. The summed E-state index contributed by atoms with van der Waals surface area (Å²) in [6.07, 6.45) is 9.97. The zero-order chi connectivity index (χ0) is 21.3. The number of nitrogens with zero attached hydrogens (tertiary/aromatic N) is 3. The van der Waals surface area contributed by atoms with Crippen molar-refractivity contribution in [3.8, 4) is 11.1 Å². The third-order valence-electron chi connectivity index (χ3n) is 7.48. The molecule has 32 heavy (non-hydrogen) atoms. The SMILES string of the molecule is c1cc(-c2ccc3ncnc(CC4CCC(N5CCOCC5)CC4)c3c2)c2cc[nH]c2c1. The molecule has 0 radical (unpaired) electrons. The molecule has 2 aliphatic rings. The highest BCUT2D eigenvalue weighted by molar-refractivity contribution is 5.97. The van der Waals surface area contributed by atoms with E-state index in [0.717, 1.165) is 44.3 Å². The summed E-state index contributed by atoms with van der Waals surface area (Å²) in [5.74, 6) is 0.710. The fourth-order valence-corrected chi connectivity index (χ4v) is 5.71. The lowest BCUT2D eigenvalue weighted by molar-refractivity contribution is 0.00494. The van der Waals surface area contributed by atoms with Crippen LogP contribution in [0.15, 0.2) is 55.0 Å². The normalized spacial score (nSPS) is 22.5. The van der Waals surface area contributed by atoms with Crippen molar-refractivity contribution in [2.24, 2.45) is 5.92 Å². The summed E-state index contributed by atoms with van der Waals surface area (Å²) in [4.78, 5) is 15.3. The summed E-state index contributed by atoms with van der Waals surface area (Å²) >= 11 is 0. The van der Waals surface area contributed by atoms with E-state index in [2.05, 4.69) is 57.3 Å². The van der Waals surface area contributed by atoms with E-state index >= 15 is 0 Å². The molecule has 0 unspecified atom stereocenters. The molecule has 0 amide bonds. The predicted octanol–water partition coefficient (Wildman–Crippen LogP) is 5.21. The van der Waals surface area contributed by atoms with Gasteiger partial charge in [0.1, 0.15) is 6.33 Å². The molecule has 2 fully saturated rings. The van der Waals surface area contributed by atoms with Crippen LogP contribution in [0.3, 0.4) is 0 Å². The summed E-state index contributed by atoms with van der Waals surface area (Å²) in [6.45, 7) is 3.99. The second-order valence-electron chi connectivity index (χ2n) is 9.32. The zero-order valence-electron chi connectivity index (χ0n) is 18.5. The van der Waals surface area contributed by atoms with Crippen LogP contribution in [0.2, 0.25) is 0 Å². The molecule has 3 heterocycles. The summed E-state index contributed by atoms with van der Waals surface area (Å²) in [5, 5.41) is 2.46. The van der Waals surface area contributed by atoms with Crippen LogP contribution in [0.5, 0.6) is 0 Å². The number of H-pyrrole nitrogens is 1. The van der Waals surface area contributed by atoms with E-state index in [1.807, 2.05) is 6.20 Å². The fourth-order valence-electron chi connectivity index (χ4n) is 5.71. The minimum atomic E-state index is 0.710. The molecule has 0 spiro atoms. The number of nitrogens with one attached hydrogen (secondary N) is 1. The van der Waals surface area contributed by atoms with Crippen LogP contribution in [-0.4, -0.2) is 52.2 Å². The molecule has 2 aromatic heterocycles. The summed E-state index contributed by atoms with van der Waals surface area (Å²) in [5.41, 5.74) is 5.90. The third kappa shape index (κ3) is 3.80. The van der Waals surface area contributed by atoms with E-state index < -0.39 is 0 Å². The van der Waals surface area contributed by atoms with Gasteiger partial charge in [-0.05, 0) is 73.4 Å². The lowest BCUT2D eigenvalue weighted by Crippen LogP contribution is -2.45. The Labute approximate surface area is 188 Å². The van der Waals surface area contributed by atoms with Crippen molar-refractivity contribution in [3.05, 3.63) is 60.7 Å². The van der Waals surface area contributed by atoms with Crippen molar-refractivity contribution in [2.75, 3.05) is 26.3 Å². The van der Waals surface area contributed by atoms with Crippen LogP contribution in [0.1, 0.15) is 31.4 Å². The van der Waals surface area contributed by atoms with Gasteiger partial charge >= 0.3 is 0 Å². The van der Waals surface area contributed by atoms with Gasteiger partial charge in [0.05, 0.1) is 24.4 Å². The van der Waals surface area contributed by atoms with Crippen LogP contribution in [0.4, 0.5) is 0 Å². The average molecular weight is 427 g/mol. The maximum atomic E-state index is 5.53. The van der Waals surface area contributed by atoms with Gasteiger partial charge in [-0.3, -0.25) is 4.90 Å². The first kappa shape index (κ1) is 19.9. The Bertz CT molecular complexity index is 1220. The van der Waals surface area contributed by atoms with E-state index in [1.54, 1.807) is 6.33 Å². The number of hydrogen-bond donors (Lipinski definition) is 1. The van der Waals surface area contributed by atoms with Gasteiger partial charge in [-0.1, -0.05) is 18.2 Å². The maximum Gasteiger partial charge on any atom is 0.116 e. The molecule has 5 heteroatoms. The smallest absolute Gasteiger partial charge is 0.116 e. The molecule has 0 bridgehead atoms. The Morgan fingerprint density at radius 3 is 2.69 bits per heavy atom. The first-order valence-corrected chi connectivity index (χ1v) is 12.0. The second kappa shape index (κ2) is 8.64. The van der Waals surface area contributed by atoms with Crippen molar-refractivity contribution in [1.29, 1.82) is 0 Å². The summed E-state index contributed by atoms with van der Waals surface area (Å²) in [7, 11) is 0. The lowest BCUT2D eigenvalue weighted by atomic mass is 9.82. The average Bonchev–Trinajstić information content (AvgIpc) is 3.34. The molecular formula is C27H30N4O. The van der Waals surface area contributed by atoms with E-state index in [1.165, 1.54) is 58.8 Å². The Hall–Kier alpha value is -2.76. The van der Waals surface area contributed by atoms with Crippen LogP contribution in [0.25, 0.3) is 32.9 Å². The number of morpholine rings is 1. The van der Waals surface area contributed by atoms with Gasteiger partial charge in [-0.25, -0.2) is 9.97 Å². The zero-order valence-corrected chi connectivity index (χ0v) is 18.5. The number of benzene rings is 2. The second-order valence-corrected chi connectivity index (χ2v) is 9.32. The molecule has 6 rings (SSSR count). The summed E-state index contributed by atoms with van der Waals surface area (Å²) < 4.78 is 5.53. The fraction of sp³-hybridized carbons (Fsp3) is 0.407. The number of ether oxygens (including phenoxy) is 1. The minimum Gasteiger partial charge on any atom is -0.379 e. The quantitative estimate of drug-likeness (QED) is 0.487. The van der Waals surface area contributed by atoms with E-state index in [4.69, 9.17) is 9.72 Å². The molecule has 1 saturated heterocycles. The number of aromatic nitrogens is 3.